The fraction of sp³-hybridized carbons (Fsp3) is 0.526. The van der Waals surface area contributed by atoms with Crippen molar-refractivity contribution in [3.63, 3.8) is 0 Å². The molecular formula is C19H26N2O3. The highest BCUT2D eigenvalue weighted by Crippen LogP contribution is 2.28. The highest BCUT2D eigenvalue weighted by molar-refractivity contribution is 5.88. The molecule has 3 rings (SSSR count). The number of benzene rings is 1. The number of para-hydroxylation sites is 1. The van der Waals surface area contributed by atoms with E-state index in [0.29, 0.717) is 12.3 Å². The second-order valence-corrected chi connectivity index (χ2v) is 6.51. The Morgan fingerprint density at radius 2 is 2.08 bits per heavy atom. The number of aromatic amines is 1. The van der Waals surface area contributed by atoms with Gasteiger partial charge in [0.1, 0.15) is 5.75 Å². The fourth-order valence-corrected chi connectivity index (χ4v) is 3.57. The summed E-state index contributed by atoms with van der Waals surface area (Å²) >= 11 is 0. The molecule has 0 amide bonds. The predicted octanol–water partition coefficient (Wildman–Crippen LogP) is 2.99. The zero-order valence-electron chi connectivity index (χ0n) is 14.5. The van der Waals surface area contributed by atoms with Crippen molar-refractivity contribution in [1.29, 1.82) is 0 Å². The maximum absolute atomic E-state index is 11.4. The molecule has 1 aliphatic heterocycles. The minimum atomic E-state index is -0.0822. The number of rotatable bonds is 6. The fourth-order valence-electron chi connectivity index (χ4n) is 3.57. The van der Waals surface area contributed by atoms with Crippen LogP contribution in [0.4, 0.5) is 0 Å². The van der Waals surface area contributed by atoms with Gasteiger partial charge in [-0.3, -0.25) is 4.79 Å². The van der Waals surface area contributed by atoms with E-state index in [4.69, 9.17) is 9.47 Å². The molecule has 5 heteroatoms. The van der Waals surface area contributed by atoms with Crippen molar-refractivity contribution in [2.45, 2.75) is 25.7 Å². The molecule has 0 radical (unpaired) electrons. The van der Waals surface area contributed by atoms with Crippen molar-refractivity contribution in [1.82, 2.24) is 9.88 Å². The van der Waals surface area contributed by atoms with Crippen LogP contribution in [0.25, 0.3) is 10.9 Å². The molecule has 130 valence electrons. The third kappa shape index (κ3) is 3.73. The Labute approximate surface area is 142 Å². The highest BCUT2D eigenvalue weighted by Gasteiger charge is 2.21. The number of piperidine rings is 1. The van der Waals surface area contributed by atoms with Crippen LogP contribution in [0.15, 0.2) is 24.4 Å². The Morgan fingerprint density at radius 3 is 2.79 bits per heavy atom. The number of hydrogen-bond acceptors (Lipinski definition) is 4. The summed E-state index contributed by atoms with van der Waals surface area (Å²) in [5.41, 5.74) is 2.41. The van der Waals surface area contributed by atoms with Gasteiger partial charge < -0.3 is 19.4 Å². The number of aromatic nitrogens is 1. The number of carbonyl (C=O) groups is 1. The van der Waals surface area contributed by atoms with Gasteiger partial charge in [-0.15, -0.1) is 0 Å². The number of hydrogen-bond donors (Lipinski definition) is 1. The SMILES string of the molecule is COC(=O)CC1CCN(CCc2c[nH]c3c(OC)cccc23)CC1. The monoisotopic (exact) mass is 330 g/mol. The maximum atomic E-state index is 11.4. The number of likely N-dealkylation sites (tertiary alicyclic amines) is 1. The molecule has 1 aliphatic rings. The summed E-state index contributed by atoms with van der Waals surface area (Å²) < 4.78 is 10.2. The lowest BCUT2D eigenvalue weighted by Crippen LogP contribution is -2.35. The number of H-pyrrole nitrogens is 1. The van der Waals surface area contributed by atoms with Gasteiger partial charge in [-0.05, 0) is 49.9 Å². The molecule has 1 saturated heterocycles. The van der Waals surface area contributed by atoms with Crippen molar-refractivity contribution in [2.75, 3.05) is 33.9 Å². The summed E-state index contributed by atoms with van der Waals surface area (Å²) in [6, 6.07) is 6.16. The van der Waals surface area contributed by atoms with Gasteiger partial charge in [-0.25, -0.2) is 0 Å². The minimum Gasteiger partial charge on any atom is -0.495 e. The van der Waals surface area contributed by atoms with Gasteiger partial charge in [0.25, 0.3) is 0 Å². The highest BCUT2D eigenvalue weighted by atomic mass is 16.5. The normalized spacial score (nSPS) is 16.4. The van der Waals surface area contributed by atoms with Crippen LogP contribution in [0.3, 0.4) is 0 Å². The molecule has 1 aromatic heterocycles. The number of carbonyl (C=O) groups excluding carboxylic acids is 1. The quantitative estimate of drug-likeness (QED) is 0.827. The summed E-state index contributed by atoms with van der Waals surface area (Å²) in [4.78, 5) is 17.2. The molecule has 1 aromatic carbocycles. The van der Waals surface area contributed by atoms with E-state index in [0.717, 1.165) is 50.2 Å². The van der Waals surface area contributed by atoms with Crippen molar-refractivity contribution in [3.8, 4) is 5.75 Å². The Morgan fingerprint density at radius 1 is 1.29 bits per heavy atom. The number of nitrogens with one attached hydrogen (secondary N) is 1. The molecule has 1 fully saturated rings. The van der Waals surface area contributed by atoms with Gasteiger partial charge >= 0.3 is 5.97 Å². The smallest absolute Gasteiger partial charge is 0.305 e. The third-order valence-corrected chi connectivity index (χ3v) is 5.07. The first-order valence-corrected chi connectivity index (χ1v) is 8.63. The predicted molar refractivity (Wildman–Crippen MR) is 94.4 cm³/mol. The van der Waals surface area contributed by atoms with E-state index in [-0.39, 0.29) is 5.97 Å². The van der Waals surface area contributed by atoms with Gasteiger partial charge in [-0.1, -0.05) is 12.1 Å². The van der Waals surface area contributed by atoms with Crippen LogP contribution >= 0.6 is 0 Å². The molecule has 0 spiro atoms. The first-order chi connectivity index (χ1) is 11.7. The zero-order valence-corrected chi connectivity index (χ0v) is 14.5. The molecule has 5 nitrogen and oxygen atoms in total. The van der Waals surface area contributed by atoms with Crippen molar-refractivity contribution < 1.29 is 14.3 Å². The van der Waals surface area contributed by atoms with Gasteiger partial charge in [0.15, 0.2) is 0 Å². The molecule has 2 heterocycles. The number of nitrogens with zero attached hydrogens (tertiary/aromatic N) is 1. The molecule has 0 saturated carbocycles. The largest absolute Gasteiger partial charge is 0.495 e. The Balaban J connectivity index is 1.53. The number of methoxy groups -OCH3 is 2. The average molecular weight is 330 g/mol. The van der Waals surface area contributed by atoms with E-state index in [9.17, 15) is 4.79 Å². The van der Waals surface area contributed by atoms with E-state index >= 15 is 0 Å². The lowest BCUT2D eigenvalue weighted by atomic mass is 9.93. The number of fused-ring (bicyclic) bond motifs is 1. The second-order valence-electron chi connectivity index (χ2n) is 6.51. The first-order valence-electron chi connectivity index (χ1n) is 8.63. The standard InChI is InChI=1S/C19H26N2O3/c1-23-17-5-3-4-16-15(13-20-19(16)17)8-11-21-9-6-14(7-10-21)12-18(22)24-2/h3-5,13-14,20H,6-12H2,1-2H3. The van der Waals surface area contributed by atoms with Gasteiger partial charge in [0.2, 0.25) is 0 Å². The van der Waals surface area contributed by atoms with Crippen molar-refractivity contribution >= 4 is 16.9 Å². The minimum absolute atomic E-state index is 0.0822. The van der Waals surface area contributed by atoms with Crippen LogP contribution in [-0.2, 0) is 16.0 Å². The van der Waals surface area contributed by atoms with E-state index < -0.39 is 0 Å². The van der Waals surface area contributed by atoms with Crippen LogP contribution in [-0.4, -0.2) is 49.7 Å². The van der Waals surface area contributed by atoms with Crippen LogP contribution in [0.2, 0.25) is 0 Å². The zero-order chi connectivity index (χ0) is 16.9. The van der Waals surface area contributed by atoms with E-state index in [1.807, 2.05) is 12.1 Å². The maximum Gasteiger partial charge on any atom is 0.305 e. The van der Waals surface area contributed by atoms with Crippen LogP contribution < -0.4 is 4.74 Å². The third-order valence-electron chi connectivity index (χ3n) is 5.07. The molecule has 0 unspecified atom stereocenters. The van der Waals surface area contributed by atoms with Crippen molar-refractivity contribution in [2.24, 2.45) is 5.92 Å². The Bertz CT molecular complexity index is 687. The summed E-state index contributed by atoms with van der Waals surface area (Å²) in [6.07, 6.45) is 5.84. The molecule has 24 heavy (non-hydrogen) atoms. The second kappa shape index (κ2) is 7.71. The van der Waals surface area contributed by atoms with Crippen molar-refractivity contribution in [3.05, 3.63) is 30.0 Å². The summed E-state index contributed by atoms with van der Waals surface area (Å²) in [7, 11) is 3.17. The topological polar surface area (TPSA) is 54.6 Å². The number of ether oxygens (including phenoxy) is 2. The summed E-state index contributed by atoms with van der Waals surface area (Å²) in [5.74, 6) is 1.29. The molecule has 1 N–H and O–H groups in total. The molecular weight excluding hydrogens is 304 g/mol. The van der Waals surface area contributed by atoms with E-state index in [1.54, 1.807) is 7.11 Å². The average Bonchev–Trinajstić information content (AvgIpc) is 3.04. The molecule has 0 atom stereocenters. The Hall–Kier alpha value is -2.01. The van der Waals surface area contributed by atoms with Gasteiger partial charge in [-0.2, -0.15) is 0 Å². The molecule has 0 bridgehead atoms. The van der Waals surface area contributed by atoms with E-state index in [2.05, 4.69) is 22.1 Å². The Kier molecular flexibility index (Phi) is 5.41. The van der Waals surface area contributed by atoms with E-state index in [1.165, 1.54) is 18.1 Å². The van der Waals surface area contributed by atoms with Crippen LogP contribution in [0.5, 0.6) is 5.75 Å². The number of esters is 1. The van der Waals surface area contributed by atoms with Gasteiger partial charge in [0, 0.05) is 24.5 Å². The lowest BCUT2D eigenvalue weighted by molar-refractivity contribution is -0.142. The molecule has 2 aromatic rings. The molecule has 0 aliphatic carbocycles. The first kappa shape index (κ1) is 16.8. The van der Waals surface area contributed by atoms with Gasteiger partial charge in [0.05, 0.1) is 19.7 Å². The lowest BCUT2D eigenvalue weighted by Gasteiger charge is -2.31. The van der Waals surface area contributed by atoms with Crippen LogP contribution in [0, 0.1) is 5.92 Å². The van der Waals surface area contributed by atoms with Crippen LogP contribution in [0.1, 0.15) is 24.8 Å². The summed E-state index contributed by atoms with van der Waals surface area (Å²) in [6.45, 7) is 3.18. The summed E-state index contributed by atoms with van der Waals surface area (Å²) in [5, 5.41) is 1.25.